The molecule has 108 valence electrons. The van der Waals surface area contributed by atoms with Crippen LogP contribution in [0.3, 0.4) is 0 Å². The fourth-order valence-electron chi connectivity index (χ4n) is 4.41. The third-order valence-corrected chi connectivity index (χ3v) is 5.57. The Morgan fingerprint density at radius 3 is 2.85 bits per heavy atom. The van der Waals surface area contributed by atoms with Crippen LogP contribution in [-0.2, 0) is 6.42 Å². The van der Waals surface area contributed by atoms with Crippen molar-refractivity contribution < 1.29 is 0 Å². The molecule has 4 rings (SSSR count). The highest BCUT2D eigenvalue weighted by Gasteiger charge is 2.50. The van der Waals surface area contributed by atoms with E-state index in [0.717, 1.165) is 25.7 Å². The Morgan fingerprint density at radius 1 is 1.30 bits per heavy atom. The molecule has 0 amide bonds. The minimum absolute atomic E-state index is 0.161. The number of benzene rings is 1. The SMILES string of the molecule is CC1CC(CN)(N2CCc3ccccc32)CN1C1CC1. The summed E-state index contributed by atoms with van der Waals surface area (Å²) in [5.41, 5.74) is 9.37. The second-order valence-electron chi connectivity index (χ2n) is 6.92. The van der Waals surface area contributed by atoms with E-state index in [9.17, 15) is 0 Å². The molecule has 1 saturated heterocycles. The van der Waals surface area contributed by atoms with Crippen molar-refractivity contribution in [2.24, 2.45) is 5.73 Å². The van der Waals surface area contributed by atoms with Crippen LogP contribution >= 0.6 is 0 Å². The largest absolute Gasteiger partial charge is 0.363 e. The summed E-state index contributed by atoms with van der Waals surface area (Å²) in [7, 11) is 0. The van der Waals surface area contributed by atoms with E-state index in [0.29, 0.717) is 6.04 Å². The number of anilines is 1. The van der Waals surface area contributed by atoms with Gasteiger partial charge in [0.05, 0.1) is 5.54 Å². The summed E-state index contributed by atoms with van der Waals surface area (Å²) in [5.74, 6) is 0. The maximum absolute atomic E-state index is 6.28. The van der Waals surface area contributed by atoms with E-state index in [1.165, 1.54) is 36.9 Å². The van der Waals surface area contributed by atoms with Gasteiger partial charge < -0.3 is 10.6 Å². The van der Waals surface area contributed by atoms with E-state index in [1.54, 1.807) is 0 Å². The molecule has 0 spiro atoms. The molecule has 3 nitrogen and oxygen atoms in total. The van der Waals surface area contributed by atoms with Crippen LogP contribution in [0.15, 0.2) is 24.3 Å². The number of fused-ring (bicyclic) bond motifs is 1. The second-order valence-corrected chi connectivity index (χ2v) is 6.92. The molecule has 3 heteroatoms. The monoisotopic (exact) mass is 271 g/mol. The van der Waals surface area contributed by atoms with Gasteiger partial charge in [0.15, 0.2) is 0 Å². The lowest BCUT2D eigenvalue weighted by molar-refractivity contribution is 0.248. The van der Waals surface area contributed by atoms with Gasteiger partial charge in [-0.25, -0.2) is 0 Å². The Bertz CT molecular complexity index is 511. The zero-order valence-electron chi connectivity index (χ0n) is 12.4. The number of nitrogens with two attached hydrogens (primary N) is 1. The molecule has 2 fully saturated rings. The molecule has 0 radical (unpaired) electrons. The summed E-state index contributed by atoms with van der Waals surface area (Å²) in [6.45, 7) is 5.46. The predicted molar refractivity (Wildman–Crippen MR) is 83.1 cm³/mol. The van der Waals surface area contributed by atoms with Crippen molar-refractivity contribution in [2.45, 2.75) is 50.2 Å². The molecule has 2 aliphatic heterocycles. The molecular formula is C17H25N3. The maximum Gasteiger partial charge on any atom is 0.0665 e. The molecule has 1 aromatic rings. The fraction of sp³-hybridized carbons (Fsp3) is 0.647. The fourth-order valence-corrected chi connectivity index (χ4v) is 4.41. The zero-order valence-corrected chi connectivity index (χ0v) is 12.4. The zero-order chi connectivity index (χ0) is 13.7. The quantitative estimate of drug-likeness (QED) is 0.912. The molecule has 20 heavy (non-hydrogen) atoms. The topological polar surface area (TPSA) is 32.5 Å². The average Bonchev–Trinajstić information content (AvgIpc) is 3.12. The second kappa shape index (κ2) is 4.47. The van der Waals surface area contributed by atoms with Crippen molar-refractivity contribution in [3.8, 4) is 0 Å². The number of hydrogen-bond donors (Lipinski definition) is 1. The summed E-state index contributed by atoms with van der Waals surface area (Å²) >= 11 is 0. The maximum atomic E-state index is 6.28. The Kier molecular flexibility index (Phi) is 2.83. The van der Waals surface area contributed by atoms with Gasteiger partial charge in [0.1, 0.15) is 0 Å². The van der Waals surface area contributed by atoms with Crippen LogP contribution in [0.2, 0.25) is 0 Å². The van der Waals surface area contributed by atoms with Crippen molar-refractivity contribution in [1.29, 1.82) is 0 Å². The third kappa shape index (κ3) is 1.80. The average molecular weight is 271 g/mol. The van der Waals surface area contributed by atoms with Gasteiger partial charge >= 0.3 is 0 Å². The number of hydrogen-bond acceptors (Lipinski definition) is 3. The highest BCUT2D eigenvalue weighted by atomic mass is 15.3. The smallest absolute Gasteiger partial charge is 0.0665 e. The van der Waals surface area contributed by atoms with Crippen LogP contribution in [0.4, 0.5) is 5.69 Å². The molecule has 2 heterocycles. The van der Waals surface area contributed by atoms with E-state index in [2.05, 4.69) is 41.0 Å². The normalized spacial score (nSPS) is 33.7. The van der Waals surface area contributed by atoms with Crippen LogP contribution in [0.5, 0.6) is 0 Å². The first-order chi connectivity index (χ1) is 9.73. The summed E-state index contributed by atoms with van der Waals surface area (Å²) in [5, 5.41) is 0. The molecule has 2 atom stereocenters. The van der Waals surface area contributed by atoms with Crippen LogP contribution in [0.25, 0.3) is 0 Å². The molecule has 2 N–H and O–H groups in total. The highest BCUT2D eigenvalue weighted by Crippen LogP contribution is 2.43. The molecule has 3 aliphatic rings. The lowest BCUT2D eigenvalue weighted by Crippen LogP contribution is -2.55. The van der Waals surface area contributed by atoms with Gasteiger partial charge in [-0.15, -0.1) is 0 Å². The Balaban J connectivity index is 1.66. The van der Waals surface area contributed by atoms with Crippen molar-refractivity contribution >= 4 is 5.69 Å². The Morgan fingerprint density at radius 2 is 2.10 bits per heavy atom. The predicted octanol–water partition coefficient (Wildman–Crippen LogP) is 2.00. The van der Waals surface area contributed by atoms with Gasteiger partial charge in [-0.2, -0.15) is 0 Å². The van der Waals surface area contributed by atoms with E-state index in [1.807, 2.05) is 0 Å². The van der Waals surface area contributed by atoms with Crippen LogP contribution in [0.1, 0.15) is 31.7 Å². The first-order valence-electron chi connectivity index (χ1n) is 8.05. The van der Waals surface area contributed by atoms with Crippen molar-refractivity contribution in [3.63, 3.8) is 0 Å². The third-order valence-electron chi connectivity index (χ3n) is 5.57. The summed E-state index contributed by atoms with van der Waals surface area (Å²) in [6.07, 6.45) is 5.17. The lowest BCUT2D eigenvalue weighted by atomic mass is 9.94. The van der Waals surface area contributed by atoms with Gasteiger partial charge in [0.25, 0.3) is 0 Å². The van der Waals surface area contributed by atoms with Gasteiger partial charge in [-0.05, 0) is 44.2 Å². The van der Waals surface area contributed by atoms with Crippen molar-refractivity contribution in [3.05, 3.63) is 29.8 Å². The molecule has 2 unspecified atom stereocenters. The van der Waals surface area contributed by atoms with Gasteiger partial charge in [0, 0.05) is 37.4 Å². The number of nitrogens with zero attached hydrogens (tertiary/aromatic N) is 2. The van der Waals surface area contributed by atoms with Gasteiger partial charge in [-0.3, -0.25) is 4.90 Å². The van der Waals surface area contributed by atoms with Crippen molar-refractivity contribution in [1.82, 2.24) is 4.90 Å². The number of rotatable bonds is 3. The van der Waals surface area contributed by atoms with E-state index >= 15 is 0 Å². The number of para-hydroxylation sites is 1. The first-order valence-corrected chi connectivity index (χ1v) is 8.05. The standard InChI is InChI=1S/C17H25N3/c1-13-10-17(11-18,12-19(13)15-6-7-15)20-9-8-14-4-2-3-5-16(14)20/h2-5,13,15H,6-12,18H2,1H3. The molecule has 1 aliphatic carbocycles. The van der Waals surface area contributed by atoms with E-state index < -0.39 is 0 Å². The molecule has 0 aromatic heterocycles. The minimum atomic E-state index is 0.161. The van der Waals surface area contributed by atoms with Gasteiger partial charge in [0.2, 0.25) is 0 Å². The summed E-state index contributed by atoms with van der Waals surface area (Å²) in [6, 6.07) is 10.4. The molecular weight excluding hydrogens is 246 g/mol. The Hall–Kier alpha value is -1.06. The van der Waals surface area contributed by atoms with Crippen LogP contribution in [-0.4, -0.2) is 42.2 Å². The lowest BCUT2D eigenvalue weighted by Gasteiger charge is -2.40. The Labute approximate surface area is 121 Å². The van der Waals surface area contributed by atoms with Crippen molar-refractivity contribution in [2.75, 3.05) is 24.5 Å². The summed E-state index contributed by atoms with van der Waals surface area (Å²) in [4.78, 5) is 5.34. The van der Waals surface area contributed by atoms with E-state index in [4.69, 9.17) is 5.73 Å². The number of likely N-dealkylation sites (tertiary alicyclic amines) is 1. The molecule has 1 saturated carbocycles. The van der Waals surface area contributed by atoms with Crippen LogP contribution in [0, 0.1) is 0 Å². The first kappa shape index (κ1) is 12.7. The van der Waals surface area contributed by atoms with Crippen LogP contribution < -0.4 is 10.6 Å². The van der Waals surface area contributed by atoms with E-state index in [-0.39, 0.29) is 5.54 Å². The molecule has 1 aromatic carbocycles. The summed E-state index contributed by atoms with van der Waals surface area (Å²) < 4.78 is 0. The highest BCUT2D eigenvalue weighted by molar-refractivity contribution is 5.60. The minimum Gasteiger partial charge on any atom is -0.363 e. The van der Waals surface area contributed by atoms with Gasteiger partial charge in [-0.1, -0.05) is 18.2 Å². The molecule has 0 bridgehead atoms.